The summed E-state index contributed by atoms with van der Waals surface area (Å²) in [6, 6.07) is 0.686. The second-order valence-electron chi connectivity index (χ2n) is 3.09. The first-order valence-electron chi connectivity index (χ1n) is 4.16. The van der Waals surface area contributed by atoms with E-state index in [0.29, 0.717) is 6.04 Å². The van der Waals surface area contributed by atoms with Crippen LogP contribution in [-0.4, -0.2) is 15.6 Å². The Balaban J connectivity index is 1.82. The number of hydrogen-bond acceptors (Lipinski definition) is 5. The number of nitrogens with zero attached hydrogens (tertiary/aromatic N) is 2. The molecule has 0 aromatic carbocycles. The highest BCUT2D eigenvalue weighted by atomic mass is 32.1. The van der Waals surface area contributed by atoms with E-state index < -0.39 is 0 Å². The lowest BCUT2D eigenvalue weighted by atomic mass is 9.93. The van der Waals surface area contributed by atoms with E-state index in [0.717, 1.165) is 17.2 Å². The highest BCUT2D eigenvalue weighted by Gasteiger charge is 2.17. The second kappa shape index (κ2) is 3.37. The Hall–Kier alpha value is -0.680. The van der Waals surface area contributed by atoms with E-state index in [4.69, 9.17) is 5.73 Å². The number of rotatable bonds is 3. The molecule has 66 valence electrons. The average Bonchev–Trinajstić information content (AvgIpc) is 2.33. The molecule has 1 aromatic heterocycles. The molecule has 0 radical (unpaired) electrons. The molecule has 1 heterocycles. The van der Waals surface area contributed by atoms with Gasteiger partial charge in [-0.15, -0.1) is 5.10 Å². The summed E-state index contributed by atoms with van der Waals surface area (Å²) in [5.41, 5.74) is 6.54. The van der Waals surface area contributed by atoms with Gasteiger partial charge in [0, 0.05) is 24.1 Å². The number of nitrogen functional groups attached to an aromatic ring is 1. The second-order valence-corrected chi connectivity index (χ2v) is 3.88. The van der Waals surface area contributed by atoms with Crippen LogP contribution in [0.3, 0.4) is 0 Å². The number of nitrogens with one attached hydrogen (secondary N) is 1. The maximum absolute atomic E-state index is 5.64. The molecule has 1 aliphatic carbocycles. The Morgan fingerprint density at radius 2 is 2.42 bits per heavy atom. The molecule has 1 aliphatic rings. The first-order valence-corrected chi connectivity index (χ1v) is 4.93. The van der Waals surface area contributed by atoms with Crippen LogP contribution in [0.25, 0.3) is 0 Å². The van der Waals surface area contributed by atoms with Gasteiger partial charge in [0.05, 0.1) is 0 Å². The monoisotopic (exact) mass is 184 g/mol. The van der Waals surface area contributed by atoms with Crippen LogP contribution >= 0.6 is 11.5 Å². The van der Waals surface area contributed by atoms with E-state index >= 15 is 0 Å². The molecular weight excluding hydrogens is 172 g/mol. The number of aromatic nitrogens is 2. The molecule has 1 fully saturated rings. The minimum Gasteiger partial charge on any atom is -0.388 e. The maximum Gasteiger partial charge on any atom is 0.132 e. The van der Waals surface area contributed by atoms with E-state index in [1.165, 1.54) is 30.8 Å². The molecular formula is C7H12N4S. The van der Waals surface area contributed by atoms with Crippen molar-refractivity contribution in [2.45, 2.75) is 31.8 Å². The van der Waals surface area contributed by atoms with Gasteiger partial charge in [-0.3, -0.25) is 0 Å². The van der Waals surface area contributed by atoms with Gasteiger partial charge < -0.3 is 11.1 Å². The lowest BCUT2D eigenvalue weighted by Gasteiger charge is -2.26. The normalized spacial score (nSPS) is 17.7. The van der Waals surface area contributed by atoms with Crippen molar-refractivity contribution < 1.29 is 0 Å². The van der Waals surface area contributed by atoms with E-state index in [2.05, 4.69) is 14.9 Å². The van der Waals surface area contributed by atoms with Crippen molar-refractivity contribution in [3.05, 3.63) is 5.69 Å². The highest BCUT2D eigenvalue weighted by molar-refractivity contribution is 7.09. The molecule has 0 unspecified atom stereocenters. The van der Waals surface area contributed by atoms with Gasteiger partial charge in [0.15, 0.2) is 0 Å². The molecule has 5 heteroatoms. The Morgan fingerprint density at radius 3 is 2.92 bits per heavy atom. The number of anilines is 1. The summed E-state index contributed by atoms with van der Waals surface area (Å²) in [5.74, 6) is 0. The van der Waals surface area contributed by atoms with Crippen LogP contribution in [0.1, 0.15) is 25.0 Å². The Labute approximate surface area is 75.3 Å². The molecule has 1 saturated carbocycles. The largest absolute Gasteiger partial charge is 0.388 e. The third-order valence-corrected chi connectivity index (χ3v) is 2.84. The minimum atomic E-state index is 0.686. The summed E-state index contributed by atoms with van der Waals surface area (Å²) in [6.45, 7) is 0.771. The lowest BCUT2D eigenvalue weighted by molar-refractivity contribution is 0.337. The predicted molar refractivity (Wildman–Crippen MR) is 48.8 cm³/mol. The zero-order valence-corrected chi connectivity index (χ0v) is 7.60. The summed E-state index contributed by atoms with van der Waals surface area (Å²) < 4.78 is 3.77. The Kier molecular flexibility index (Phi) is 2.23. The summed E-state index contributed by atoms with van der Waals surface area (Å²) in [7, 11) is 0. The lowest BCUT2D eigenvalue weighted by Crippen LogP contribution is -2.34. The van der Waals surface area contributed by atoms with Gasteiger partial charge >= 0.3 is 0 Å². The summed E-state index contributed by atoms with van der Waals surface area (Å²) in [4.78, 5) is 0. The number of nitrogens with two attached hydrogens (primary N) is 1. The molecule has 4 nitrogen and oxygen atoms in total. The van der Waals surface area contributed by atoms with E-state index in [9.17, 15) is 0 Å². The third kappa shape index (κ3) is 1.56. The van der Waals surface area contributed by atoms with Gasteiger partial charge in [0.1, 0.15) is 10.7 Å². The van der Waals surface area contributed by atoms with Crippen molar-refractivity contribution >= 4 is 16.5 Å². The summed E-state index contributed by atoms with van der Waals surface area (Å²) >= 11 is 1.26. The van der Waals surface area contributed by atoms with Crippen molar-refractivity contribution in [2.75, 3.05) is 5.73 Å². The van der Waals surface area contributed by atoms with E-state index in [1.54, 1.807) is 0 Å². The van der Waals surface area contributed by atoms with Crippen molar-refractivity contribution in [3.63, 3.8) is 0 Å². The fourth-order valence-corrected chi connectivity index (χ4v) is 1.64. The van der Waals surface area contributed by atoms with Crippen molar-refractivity contribution in [2.24, 2.45) is 0 Å². The van der Waals surface area contributed by atoms with Crippen LogP contribution in [0.15, 0.2) is 0 Å². The molecule has 3 N–H and O–H groups in total. The van der Waals surface area contributed by atoms with Crippen molar-refractivity contribution in [1.82, 2.24) is 14.9 Å². The maximum atomic E-state index is 5.64. The highest BCUT2D eigenvalue weighted by Crippen LogP contribution is 2.19. The topological polar surface area (TPSA) is 63.8 Å². The fourth-order valence-electron chi connectivity index (χ4n) is 1.19. The Bertz CT molecular complexity index is 256. The summed E-state index contributed by atoms with van der Waals surface area (Å²) in [5, 5.41) is 8.05. The smallest absolute Gasteiger partial charge is 0.132 e. The molecule has 0 saturated heterocycles. The molecule has 0 atom stereocenters. The van der Waals surface area contributed by atoms with Gasteiger partial charge in [-0.2, -0.15) is 0 Å². The van der Waals surface area contributed by atoms with Crippen LogP contribution in [0.2, 0.25) is 0 Å². The molecule has 0 bridgehead atoms. The quantitative estimate of drug-likeness (QED) is 0.728. The van der Waals surface area contributed by atoms with Crippen LogP contribution in [-0.2, 0) is 6.54 Å². The minimum absolute atomic E-state index is 0.686. The summed E-state index contributed by atoms with van der Waals surface area (Å²) in [6.07, 6.45) is 3.93. The van der Waals surface area contributed by atoms with Gasteiger partial charge in [0.2, 0.25) is 0 Å². The first-order chi connectivity index (χ1) is 5.86. The molecule has 2 rings (SSSR count). The molecule has 0 spiro atoms. The van der Waals surface area contributed by atoms with Crippen LogP contribution in [0.4, 0.5) is 5.00 Å². The SMILES string of the molecule is Nc1snnc1CNC1CCC1. The molecule has 1 aromatic rings. The van der Waals surface area contributed by atoms with Gasteiger partial charge in [-0.05, 0) is 12.8 Å². The van der Waals surface area contributed by atoms with Crippen molar-refractivity contribution in [3.8, 4) is 0 Å². The van der Waals surface area contributed by atoms with Crippen molar-refractivity contribution in [1.29, 1.82) is 0 Å². The molecule has 12 heavy (non-hydrogen) atoms. The fraction of sp³-hybridized carbons (Fsp3) is 0.714. The zero-order valence-electron chi connectivity index (χ0n) is 6.79. The van der Waals surface area contributed by atoms with Gasteiger partial charge in [-0.25, -0.2) is 0 Å². The predicted octanol–water partition coefficient (Wildman–Crippen LogP) is 0.762. The van der Waals surface area contributed by atoms with E-state index in [1.807, 2.05) is 0 Å². The molecule has 0 aliphatic heterocycles. The zero-order chi connectivity index (χ0) is 8.39. The standard InChI is InChI=1S/C7H12N4S/c8-7-6(10-11-12-7)4-9-5-2-1-3-5/h5,9H,1-4,8H2. The number of hydrogen-bond donors (Lipinski definition) is 2. The van der Waals surface area contributed by atoms with Crippen LogP contribution < -0.4 is 11.1 Å². The van der Waals surface area contributed by atoms with Crippen LogP contribution in [0, 0.1) is 0 Å². The third-order valence-electron chi connectivity index (χ3n) is 2.25. The van der Waals surface area contributed by atoms with Gasteiger partial charge in [0.25, 0.3) is 0 Å². The first kappa shape index (κ1) is 7.94. The Morgan fingerprint density at radius 1 is 1.58 bits per heavy atom. The molecule has 0 amide bonds. The van der Waals surface area contributed by atoms with Crippen LogP contribution in [0.5, 0.6) is 0 Å². The van der Waals surface area contributed by atoms with Gasteiger partial charge in [-0.1, -0.05) is 10.9 Å². The average molecular weight is 184 g/mol. The van der Waals surface area contributed by atoms with E-state index in [-0.39, 0.29) is 0 Å².